The van der Waals surface area contributed by atoms with Crippen LogP contribution in [-0.4, -0.2) is 21.1 Å². The molecule has 0 spiro atoms. The van der Waals surface area contributed by atoms with Crippen LogP contribution in [0, 0.1) is 13.8 Å². The topological polar surface area (TPSA) is 55.4 Å². The average molecular weight is 398 g/mol. The van der Waals surface area contributed by atoms with E-state index in [0.29, 0.717) is 4.47 Å². The highest BCUT2D eigenvalue weighted by atomic mass is 79.9. The summed E-state index contributed by atoms with van der Waals surface area (Å²) in [5.74, 6) is 0.806. The minimum Gasteiger partial charge on any atom is -0.489 e. The van der Waals surface area contributed by atoms with Crippen LogP contribution < -0.4 is 9.46 Å². The van der Waals surface area contributed by atoms with Crippen LogP contribution in [0.5, 0.6) is 5.75 Å². The number of ether oxygens (including phenoxy) is 1. The number of halogens is 1. The molecule has 2 aromatic rings. The molecule has 0 aliphatic heterocycles. The Kier molecular flexibility index (Phi) is 5.84. The van der Waals surface area contributed by atoms with Gasteiger partial charge in [-0.1, -0.05) is 30.3 Å². The van der Waals surface area contributed by atoms with Gasteiger partial charge < -0.3 is 4.74 Å². The maximum absolute atomic E-state index is 12.3. The first-order valence-corrected chi connectivity index (χ1v) is 9.56. The van der Waals surface area contributed by atoms with E-state index in [4.69, 9.17) is 4.74 Å². The van der Waals surface area contributed by atoms with Crippen molar-refractivity contribution in [3.63, 3.8) is 0 Å². The van der Waals surface area contributed by atoms with Crippen molar-refractivity contribution in [1.29, 1.82) is 0 Å². The fourth-order valence-corrected chi connectivity index (χ4v) is 4.31. The van der Waals surface area contributed by atoms with Crippen molar-refractivity contribution in [2.45, 2.75) is 31.8 Å². The second-order valence-electron chi connectivity index (χ2n) is 5.43. The Balaban J connectivity index is 2.04. The molecule has 0 saturated heterocycles. The average Bonchev–Trinajstić information content (AvgIpc) is 2.49. The molecule has 0 fully saturated rings. The zero-order valence-corrected chi connectivity index (χ0v) is 15.7. The number of nitrogens with one attached hydrogen (secondary N) is 1. The summed E-state index contributed by atoms with van der Waals surface area (Å²) in [5, 5.41) is 0. The quantitative estimate of drug-likeness (QED) is 0.805. The highest BCUT2D eigenvalue weighted by Gasteiger charge is 2.18. The van der Waals surface area contributed by atoms with Gasteiger partial charge in [-0.3, -0.25) is 0 Å². The van der Waals surface area contributed by atoms with Gasteiger partial charge in [0.2, 0.25) is 10.0 Å². The monoisotopic (exact) mass is 397 g/mol. The normalized spacial score (nSPS) is 12.9. The molecule has 0 amide bonds. The molecule has 1 unspecified atom stereocenters. The molecule has 2 rings (SSSR count). The number of para-hydroxylation sites is 1. The first kappa shape index (κ1) is 18.0. The summed E-state index contributed by atoms with van der Waals surface area (Å²) >= 11 is 3.26. The van der Waals surface area contributed by atoms with Crippen molar-refractivity contribution in [2.75, 3.05) is 6.54 Å². The molecule has 6 heteroatoms. The minimum absolute atomic E-state index is 0.192. The molecule has 0 bridgehead atoms. The van der Waals surface area contributed by atoms with Crippen molar-refractivity contribution >= 4 is 26.0 Å². The highest BCUT2D eigenvalue weighted by Crippen LogP contribution is 2.24. The smallest absolute Gasteiger partial charge is 0.241 e. The predicted octanol–water partition coefficient (Wildman–Crippen LogP) is 3.81. The van der Waals surface area contributed by atoms with Gasteiger partial charge in [-0.25, -0.2) is 13.1 Å². The summed E-state index contributed by atoms with van der Waals surface area (Å²) in [6.07, 6.45) is -0.285. The lowest BCUT2D eigenvalue weighted by molar-refractivity contribution is 0.222. The molecule has 4 nitrogen and oxygen atoms in total. The lowest BCUT2D eigenvalue weighted by Gasteiger charge is -2.19. The van der Waals surface area contributed by atoms with Crippen LogP contribution >= 0.6 is 15.9 Å². The number of hydrogen-bond acceptors (Lipinski definition) is 3. The first-order chi connectivity index (χ1) is 10.8. The van der Waals surface area contributed by atoms with Crippen molar-refractivity contribution in [2.24, 2.45) is 0 Å². The fraction of sp³-hybridized carbons (Fsp3) is 0.294. The number of aryl methyl sites for hydroxylation is 2. The lowest BCUT2D eigenvalue weighted by atomic mass is 10.1. The zero-order chi connectivity index (χ0) is 17.0. The zero-order valence-electron chi connectivity index (χ0n) is 13.3. The van der Waals surface area contributed by atoms with E-state index in [1.54, 1.807) is 24.3 Å². The summed E-state index contributed by atoms with van der Waals surface area (Å²) in [5.41, 5.74) is 2.07. The van der Waals surface area contributed by atoms with Crippen LogP contribution in [0.15, 0.2) is 51.8 Å². The minimum atomic E-state index is -3.58. The third-order valence-corrected chi connectivity index (χ3v) is 5.85. The third kappa shape index (κ3) is 4.56. The molecule has 1 atom stereocenters. The molecule has 2 aromatic carbocycles. The van der Waals surface area contributed by atoms with Gasteiger partial charge in [-0.2, -0.15) is 0 Å². The van der Waals surface area contributed by atoms with Crippen LogP contribution in [0.3, 0.4) is 0 Å². The van der Waals surface area contributed by atoms with E-state index in [0.717, 1.165) is 16.9 Å². The van der Waals surface area contributed by atoms with Crippen LogP contribution in [0.4, 0.5) is 0 Å². The van der Waals surface area contributed by atoms with Gasteiger partial charge in [0.25, 0.3) is 0 Å². The van der Waals surface area contributed by atoms with Crippen LogP contribution in [0.2, 0.25) is 0 Å². The molecule has 0 radical (unpaired) electrons. The Hall–Kier alpha value is -1.37. The summed E-state index contributed by atoms with van der Waals surface area (Å²) < 4.78 is 33.7. The Labute approximate surface area is 146 Å². The second kappa shape index (κ2) is 7.47. The molecular weight excluding hydrogens is 378 g/mol. The Bertz CT molecular complexity index is 770. The van der Waals surface area contributed by atoms with E-state index in [1.165, 1.54) is 0 Å². The summed E-state index contributed by atoms with van der Waals surface area (Å²) in [6, 6.07) is 12.6. The molecule has 124 valence electrons. The molecule has 0 aliphatic carbocycles. The molecule has 0 saturated carbocycles. The fourth-order valence-electron chi connectivity index (χ4n) is 2.20. The molecular formula is C17H20BrNO3S. The van der Waals surface area contributed by atoms with Crippen molar-refractivity contribution < 1.29 is 13.2 Å². The van der Waals surface area contributed by atoms with Crippen molar-refractivity contribution in [3.8, 4) is 5.75 Å². The Morgan fingerprint density at radius 1 is 1.09 bits per heavy atom. The van der Waals surface area contributed by atoms with Crippen molar-refractivity contribution in [1.82, 2.24) is 4.72 Å². The maximum atomic E-state index is 12.3. The summed E-state index contributed by atoms with van der Waals surface area (Å²) in [7, 11) is -3.58. The number of rotatable bonds is 6. The van der Waals surface area contributed by atoms with Gasteiger partial charge in [-0.05, 0) is 60.0 Å². The van der Waals surface area contributed by atoms with Gasteiger partial charge in [0, 0.05) is 11.0 Å². The highest BCUT2D eigenvalue weighted by molar-refractivity contribution is 9.10. The summed E-state index contributed by atoms with van der Waals surface area (Å²) in [6.45, 7) is 5.98. The summed E-state index contributed by atoms with van der Waals surface area (Å²) in [4.78, 5) is 0.222. The molecule has 0 aliphatic rings. The van der Waals surface area contributed by atoms with Gasteiger partial charge in [0.05, 0.1) is 4.90 Å². The number of hydrogen-bond donors (Lipinski definition) is 1. The number of sulfonamides is 1. The standard InChI is InChI=1S/C17H20BrNO3S/c1-12-7-6-8-13(2)17(12)22-14(3)11-19-23(20,21)16-10-5-4-9-15(16)18/h4-10,14,19H,11H2,1-3H3. The van der Waals surface area contributed by atoms with Gasteiger partial charge in [0.1, 0.15) is 11.9 Å². The van der Waals surface area contributed by atoms with Crippen molar-refractivity contribution in [3.05, 3.63) is 58.1 Å². The van der Waals surface area contributed by atoms with E-state index in [1.807, 2.05) is 39.0 Å². The lowest BCUT2D eigenvalue weighted by Crippen LogP contribution is -2.34. The van der Waals surface area contributed by atoms with Gasteiger partial charge >= 0.3 is 0 Å². The molecule has 1 N–H and O–H groups in total. The SMILES string of the molecule is Cc1cccc(C)c1OC(C)CNS(=O)(=O)c1ccccc1Br. The van der Waals surface area contributed by atoms with E-state index < -0.39 is 10.0 Å². The van der Waals surface area contributed by atoms with E-state index in [-0.39, 0.29) is 17.5 Å². The predicted molar refractivity (Wildman–Crippen MR) is 95.3 cm³/mol. The second-order valence-corrected chi connectivity index (χ2v) is 8.02. The molecule has 23 heavy (non-hydrogen) atoms. The number of benzene rings is 2. The third-order valence-electron chi connectivity index (χ3n) is 3.41. The largest absolute Gasteiger partial charge is 0.489 e. The maximum Gasteiger partial charge on any atom is 0.241 e. The Morgan fingerprint density at radius 2 is 1.70 bits per heavy atom. The van der Waals surface area contributed by atoms with Crippen LogP contribution in [0.1, 0.15) is 18.1 Å². The van der Waals surface area contributed by atoms with E-state index in [2.05, 4.69) is 20.7 Å². The van der Waals surface area contributed by atoms with Crippen LogP contribution in [0.25, 0.3) is 0 Å². The van der Waals surface area contributed by atoms with Crippen LogP contribution in [-0.2, 0) is 10.0 Å². The van der Waals surface area contributed by atoms with E-state index >= 15 is 0 Å². The molecule has 0 heterocycles. The molecule has 0 aromatic heterocycles. The first-order valence-electron chi connectivity index (χ1n) is 7.28. The Morgan fingerprint density at radius 3 is 2.30 bits per heavy atom. The van der Waals surface area contributed by atoms with Gasteiger partial charge in [0.15, 0.2) is 0 Å². The van der Waals surface area contributed by atoms with E-state index in [9.17, 15) is 8.42 Å². The van der Waals surface area contributed by atoms with Gasteiger partial charge in [-0.15, -0.1) is 0 Å².